The molecule has 2 aromatic carbocycles. The Labute approximate surface area is 191 Å². The third-order valence-corrected chi connectivity index (χ3v) is 7.40. The van der Waals surface area contributed by atoms with E-state index in [1.807, 2.05) is 38.1 Å². The van der Waals surface area contributed by atoms with Gasteiger partial charge in [-0.1, -0.05) is 26.0 Å². The van der Waals surface area contributed by atoms with Crippen LogP contribution in [-0.4, -0.2) is 62.9 Å². The molecule has 0 spiro atoms. The monoisotopic (exact) mass is 460 g/mol. The first-order valence-electron chi connectivity index (χ1n) is 11.1. The van der Waals surface area contributed by atoms with Crippen LogP contribution in [0.4, 0.5) is 0 Å². The zero-order valence-electron chi connectivity index (χ0n) is 19.2. The normalized spacial score (nSPS) is 15.1. The summed E-state index contributed by atoms with van der Waals surface area (Å²) in [4.78, 5) is 14.7. The Bertz CT molecular complexity index is 1030. The predicted molar refractivity (Wildman–Crippen MR) is 124 cm³/mol. The van der Waals surface area contributed by atoms with Crippen molar-refractivity contribution in [2.24, 2.45) is 0 Å². The van der Waals surface area contributed by atoms with Crippen LogP contribution in [0.5, 0.6) is 11.5 Å². The first-order valence-corrected chi connectivity index (χ1v) is 12.5. The van der Waals surface area contributed by atoms with Crippen molar-refractivity contribution in [3.05, 3.63) is 53.6 Å². The molecule has 1 fully saturated rings. The summed E-state index contributed by atoms with van der Waals surface area (Å²) in [7, 11) is -3.70. The molecule has 7 nitrogen and oxygen atoms in total. The van der Waals surface area contributed by atoms with Crippen molar-refractivity contribution in [3.8, 4) is 11.5 Å². The van der Waals surface area contributed by atoms with Gasteiger partial charge in [0.05, 0.1) is 18.1 Å². The van der Waals surface area contributed by atoms with Gasteiger partial charge in [-0.3, -0.25) is 4.79 Å². The second kappa shape index (κ2) is 10.4. The summed E-state index contributed by atoms with van der Waals surface area (Å²) >= 11 is 0. The molecule has 1 aliphatic rings. The SMILES string of the molecule is CCOc1ccc(S(=O)(=O)N2CCN(C(=O)c3ccc(C(C)C)cc3)CC2)cc1OCC. The molecule has 1 aliphatic heterocycles. The van der Waals surface area contributed by atoms with Crippen molar-refractivity contribution in [2.45, 2.75) is 38.5 Å². The van der Waals surface area contributed by atoms with Gasteiger partial charge in [0, 0.05) is 37.8 Å². The first-order chi connectivity index (χ1) is 15.3. The molecule has 1 saturated heterocycles. The van der Waals surface area contributed by atoms with E-state index in [2.05, 4.69) is 13.8 Å². The minimum Gasteiger partial charge on any atom is -0.490 e. The highest BCUT2D eigenvalue weighted by Gasteiger charge is 2.31. The molecule has 1 heterocycles. The van der Waals surface area contributed by atoms with Gasteiger partial charge in [-0.25, -0.2) is 8.42 Å². The van der Waals surface area contributed by atoms with Gasteiger partial charge in [-0.15, -0.1) is 0 Å². The number of carbonyl (C=O) groups is 1. The van der Waals surface area contributed by atoms with Crippen molar-refractivity contribution in [1.29, 1.82) is 0 Å². The van der Waals surface area contributed by atoms with E-state index in [9.17, 15) is 13.2 Å². The number of benzene rings is 2. The lowest BCUT2D eigenvalue weighted by atomic mass is 10.0. The third-order valence-electron chi connectivity index (χ3n) is 5.50. The van der Waals surface area contributed by atoms with Crippen LogP contribution in [0.25, 0.3) is 0 Å². The number of hydrogen-bond acceptors (Lipinski definition) is 5. The van der Waals surface area contributed by atoms with Crippen LogP contribution in [0.3, 0.4) is 0 Å². The number of hydrogen-bond donors (Lipinski definition) is 0. The molecule has 0 atom stereocenters. The van der Waals surface area contributed by atoms with Gasteiger partial charge in [0.1, 0.15) is 0 Å². The van der Waals surface area contributed by atoms with Crippen LogP contribution in [0.15, 0.2) is 47.4 Å². The molecule has 0 N–H and O–H groups in total. The van der Waals surface area contributed by atoms with Gasteiger partial charge in [0.2, 0.25) is 10.0 Å². The summed E-state index contributed by atoms with van der Waals surface area (Å²) in [6, 6.07) is 12.3. The molecule has 3 rings (SSSR count). The second-order valence-electron chi connectivity index (χ2n) is 7.95. The number of rotatable bonds is 8. The molecule has 0 saturated carbocycles. The van der Waals surface area contributed by atoms with E-state index >= 15 is 0 Å². The first kappa shape index (κ1) is 24.1. The fourth-order valence-electron chi connectivity index (χ4n) is 3.67. The Kier molecular flexibility index (Phi) is 7.79. The number of nitrogens with zero attached hydrogens (tertiary/aromatic N) is 2. The highest BCUT2D eigenvalue weighted by molar-refractivity contribution is 7.89. The summed E-state index contributed by atoms with van der Waals surface area (Å²) < 4.78 is 38.9. The number of amides is 1. The lowest BCUT2D eigenvalue weighted by Crippen LogP contribution is -2.50. The van der Waals surface area contributed by atoms with Crippen LogP contribution in [0.2, 0.25) is 0 Å². The van der Waals surface area contributed by atoms with Crippen LogP contribution in [0, 0.1) is 0 Å². The zero-order chi connectivity index (χ0) is 23.3. The minimum atomic E-state index is -3.70. The molecule has 1 amide bonds. The number of sulfonamides is 1. The largest absolute Gasteiger partial charge is 0.490 e. The summed E-state index contributed by atoms with van der Waals surface area (Å²) in [5.74, 6) is 1.26. The summed E-state index contributed by atoms with van der Waals surface area (Å²) in [6.45, 7) is 9.97. The van der Waals surface area contributed by atoms with Gasteiger partial charge in [0.15, 0.2) is 11.5 Å². The maximum Gasteiger partial charge on any atom is 0.253 e. The molecule has 174 valence electrons. The molecule has 0 radical (unpaired) electrons. The fourth-order valence-corrected chi connectivity index (χ4v) is 5.10. The van der Waals surface area contributed by atoms with Gasteiger partial charge >= 0.3 is 0 Å². The maximum absolute atomic E-state index is 13.2. The average Bonchev–Trinajstić information content (AvgIpc) is 2.80. The van der Waals surface area contributed by atoms with E-state index in [4.69, 9.17) is 9.47 Å². The molecule has 0 aromatic heterocycles. The Morgan fingerprint density at radius 1 is 0.906 bits per heavy atom. The molecule has 2 aromatic rings. The Balaban J connectivity index is 1.69. The van der Waals surface area contributed by atoms with E-state index in [0.29, 0.717) is 49.3 Å². The third kappa shape index (κ3) is 5.24. The van der Waals surface area contributed by atoms with Crippen molar-refractivity contribution in [1.82, 2.24) is 9.21 Å². The van der Waals surface area contributed by atoms with Gasteiger partial charge in [0.25, 0.3) is 5.91 Å². The van der Waals surface area contributed by atoms with Gasteiger partial charge in [-0.2, -0.15) is 4.31 Å². The predicted octanol–water partition coefficient (Wildman–Crippen LogP) is 3.75. The van der Waals surface area contributed by atoms with Gasteiger partial charge in [-0.05, 0) is 49.6 Å². The fraction of sp³-hybridized carbons (Fsp3) is 0.458. The quantitative estimate of drug-likeness (QED) is 0.600. The molecule has 8 heteroatoms. The lowest BCUT2D eigenvalue weighted by Gasteiger charge is -2.34. The van der Waals surface area contributed by atoms with Crippen LogP contribution in [-0.2, 0) is 10.0 Å². The summed E-state index contributed by atoms with van der Waals surface area (Å²) in [5, 5.41) is 0. The number of piperazine rings is 1. The molecule has 0 bridgehead atoms. The van der Waals surface area contributed by atoms with Gasteiger partial charge < -0.3 is 14.4 Å². The van der Waals surface area contributed by atoms with E-state index in [1.165, 1.54) is 22.0 Å². The molecule has 0 unspecified atom stereocenters. The number of ether oxygens (including phenoxy) is 2. The topological polar surface area (TPSA) is 76.2 Å². The summed E-state index contributed by atoms with van der Waals surface area (Å²) in [6.07, 6.45) is 0. The van der Waals surface area contributed by atoms with Crippen molar-refractivity contribution < 1.29 is 22.7 Å². The lowest BCUT2D eigenvalue weighted by molar-refractivity contribution is 0.0698. The van der Waals surface area contributed by atoms with Crippen molar-refractivity contribution in [2.75, 3.05) is 39.4 Å². The minimum absolute atomic E-state index is 0.0722. The maximum atomic E-state index is 13.2. The van der Waals surface area contributed by atoms with Crippen LogP contribution < -0.4 is 9.47 Å². The second-order valence-corrected chi connectivity index (χ2v) is 9.89. The average molecular weight is 461 g/mol. The Hall–Kier alpha value is -2.58. The zero-order valence-corrected chi connectivity index (χ0v) is 20.0. The van der Waals surface area contributed by atoms with E-state index < -0.39 is 10.0 Å². The summed E-state index contributed by atoms with van der Waals surface area (Å²) in [5.41, 5.74) is 1.80. The Morgan fingerprint density at radius 2 is 1.50 bits per heavy atom. The number of carbonyl (C=O) groups excluding carboxylic acids is 1. The van der Waals surface area contributed by atoms with Crippen molar-refractivity contribution in [3.63, 3.8) is 0 Å². The van der Waals surface area contributed by atoms with E-state index in [-0.39, 0.29) is 23.9 Å². The molecular formula is C24H32N2O5S. The van der Waals surface area contributed by atoms with Crippen molar-refractivity contribution >= 4 is 15.9 Å². The highest BCUT2D eigenvalue weighted by Crippen LogP contribution is 2.31. The smallest absolute Gasteiger partial charge is 0.253 e. The standard InChI is InChI=1S/C24H32N2O5S/c1-5-30-22-12-11-21(17-23(22)31-6-2)32(28,29)26-15-13-25(14-16-26)24(27)20-9-7-19(8-10-20)18(3)4/h7-12,17-18H,5-6,13-16H2,1-4H3. The van der Waals surface area contributed by atoms with E-state index in [0.717, 1.165) is 0 Å². The van der Waals surface area contributed by atoms with Crippen LogP contribution in [0.1, 0.15) is 49.5 Å². The molecular weight excluding hydrogens is 428 g/mol. The van der Waals surface area contributed by atoms with E-state index in [1.54, 1.807) is 11.0 Å². The Morgan fingerprint density at radius 3 is 2.06 bits per heavy atom. The molecule has 0 aliphatic carbocycles. The molecule has 32 heavy (non-hydrogen) atoms. The van der Waals surface area contributed by atoms with Crippen LogP contribution >= 0.6 is 0 Å². The highest BCUT2D eigenvalue weighted by atomic mass is 32.2.